The number of hydrogen-bond acceptors (Lipinski definition) is 0. The number of rotatable bonds is 0. The van der Waals surface area contributed by atoms with Gasteiger partial charge in [0.25, 0.3) is 0 Å². The lowest BCUT2D eigenvalue weighted by molar-refractivity contribution is 1.28. The molecule has 8 aromatic carbocycles. The average molecular weight is 605 g/mol. The summed E-state index contributed by atoms with van der Waals surface area (Å²) in [6.45, 7) is 0. The summed E-state index contributed by atoms with van der Waals surface area (Å²) >= 11 is 0. The average Bonchev–Trinajstić information content (AvgIpc) is 3.90. The molecule has 0 bridgehead atoms. The van der Waals surface area contributed by atoms with Crippen LogP contribution >= 0.6 is 0 Å². The molecule has 220 valence electrons. The van der Waals surface area contributed by atoms with Gasteiger partial charge in [-0.25, -0.2) is 0 Å². The molecule has 0 aromatic heterocycles. The van der Waals surface area contributed by atoms with Crippen LogP contribution in [0.1, 0.15) is 44.5 Å². The van der Waals surface area contributed by atoms with Crippen LogP contribution in [0.4, 0.5) is 0 Å². The van der Waals surface area contributed by atoms with Gasteiger partial charge >= 0.3 is 0 Å². The van der Waals surface area contributed by atoms with Gasteiger partial charge in [0.05, 0.1) is 0 Å². The highest BCUT2D eigenvalue weighted by Crippen LogP contribution is 2.62. The third-order valence-corrected chi connectivity index (χ3v) is 11.6. The summed E-state index contributed by atoms with van der Waals surface area (Å²) in [5.74, 6) is 0. The molecule has 0 fully saturated rings. The zero-order valence-corrected chi connectivity index (χ0v) is 26.3. The van der Waals surface area contributed by atoms with Crippen molar-refractivity contribution in [2.45, 2.75) is 12.8 Å². The standard InChI is InChI=1S/C48H28/c1-3-15-29-27(13-1)25-39-31-17-5-7-19-33(31)45-43(41(29)39)35-21-9-11-23-37(35)47(45)48-38-24-12-10-22-36(38)44-42-30-16-4-2-14-28(30)26-40(42)32-18-6-8-20-34(32)46(44)48/h1-24H,25-26H2/b48-47+. The maximum absolute atomic E-state index is 2.38. The van der Waals surface area contributed by atoms with E-state index in [1.54, 1.807) is 0 Å². The summed E-state index contributed by atoms with van der Waals surface area (Å²) in [5, 5.41) is 5.49. The minimum atomic E-state index is 0.981. The molecule has 0 saturated carbocycles. The van der Waals surface area contributed by atoms with Crippen molar-refractivity contribution in [1.29, 1.82) is 0 Å². The predicted molar refractivity (Wildman–Crippen MR) is 200 cm³/mol. The Labute approximate surface area is 279 Å². The van der Waals surface area contributed by atoms with E-state index in [2.05, 4.69) is 146 Å². The zero-order chi connectivity index (χ0) is 31.1. The fourth-order valence-electron chi connectivity index (χ4n) is 9.88. The fraction of sp³-hybridized carbons (Fsp3) is 0.0417. The van der Waals surface area contributed by atoms with Crippen molar-refractivity contribution >= 4 is 32.7 Å². The lowest BCUT2D eigenvalue weighted by atomic mass is 9.84. The van der Waals surface area contributed by atoms with Crippen LogP contribution in [0, 0.1) is 0 Å². The highest BCUT2D eigenvalue weighted by Gasteiger charge is 2.40. The Balaban J connectivity index is 1.33. The van der Waals surface area contributed by atoms with E-state index in [1.165, 1.54) is 122 Å². The van der Waals surface area contributed by atoms with Gasteiger partial charge in [-0.05, 0) is 135 Å². The SMILES string of the molecule is c1ccc2c(c1)Cc1c-2c2c(c3ccccc13)/C(=C1\c3ccccc3-c3c4c(c5ccccc5c31)Cc1ccccc1-4)c1ccccc1-2. The van der Waals surface area contributed by atoms with Gasteiger partial charge in [0, 0.05) is 0 Å². The minimum absolute atomic E-state index is 0.981. The fourth-order valence-corrected chi connectivity index (χ4v) is 9.88. The second-order valence-electron chi connectivity index (χ2n) is 13.8. The van der Waals surface area contributed by atoms with Gasteiger partial charge < -0.3 is 0 Å². The Morgan fingerprint density at radius 3 is 1.02 bits per heavy atom. The van der Waals surface area contributed by atoms with Gasteiger partial charge in [-0.3, -0.25) is 0 Å². The Hall–Kier alpha value is -5.98. The highest BCUT2D eigenvalue weighted by atomic mass is 14.4. The summed E-state index contributed by atoms with van der Waals surface area (Å²) in [6, 6.07) is 55.0. The van der Waals surface area contributed by atoms with Crippen molar-refractivity contribution in [1.82, 2.24) is 0 Å². The number of fused-ring (bicyclic) bond motifs is 20. The van der Waals surface area contributed by atoms with Gasteiger partial charge in [-0.2, -0.15) is 0 Å². The van der Waals surface area contributed by atoms with E-state index >= 15 is 0 Å². The van der Waals surface area contributed by atoms with Gasteiger partial charge in [0.15, 0.2) is 0 Å². The number of hydrogen-bond donors (Lipinski definition) is 0. The van der Waals surface area contributed by atoms with E-state index in [-0.39, 0.29) is 0 Å². The van der Waals surface area contributed by atoms with Crippen molar-refractivity contribution in [2.75, 3.05) is 0 Å². The van der Waals surface area contributed by atoms with Crippen LogP contribution in [0.3, 0.4) is 0 Å². The second-order valence-corrected chi connectivity index (χ2v) is 13.8. The van der Waals surface area contributed by atoms with E-state index < -0.39 is 0 Å². The van der Waals surface area contributed by atoms with Gasteiger partial charge in [-0.1, -0.05) is 146 Å². The molecule has 12 rings (SSSR count). The third-order valence-electron chi connectivity index (χ3n) is 11.6. The van der Waals surface area contributed by atoms with Crippen molar-refractivity contribution in [2.24, 2.45) is 0 Å². The summed E-state index contributed by atoms with van der Waals surface area (Å²) < 4.78 is 0. The highest BCUT2D eigenvalue weighted by molar-refractivity contribution is 6.29. The summed E-state index contributed by atoms with van der Waals surface area (Å²) in [5.41, 5.74) is 25.2. The van der Waals surface area contributed by atoms with Crippen LogP contribution in [0.15, 0.2) is 146 Å². The molecule has 4 aliphatic rings. The van der Waals surface area contributed by atoms with Crippen LogP contribution < -0.4 is 0 Å². The van der Waals surface area contributed by atoms with E-state index in [9.17, 15) is 0 Å². The van der Waals surface area contributed by atoms with Crippen LogP contribution in [0.5, 0.6) is 0 Å². The topological polar surface area (TPSA) is 0 Å². The minimum Gasteiger partial charge on any atom is -0.0619 e. The summed E-state index contributed by atoms with van der Waals surface area (Å²) in [6.07, 6.45) is 1.96. The molecule has 0 spiro atoms. The third kappa shape index (κ3) is 2.94. The van der Waals surface area contributed by atoms with E-state index in [0.717, 1.165) is 12.8 Å². The first-order valence-corrected chi connectivity index (χ1v) is 17.1. The zero-order valence-electron chi connectivity index (χ0n) is 26.3. The first-order valence-electron chi connectivity index (χ1n) is 17.1. The Morgan fingerprint density at radius 1 is 0.250 bits per heavy atom. The molecule has 0 nitrogen and oxygen atoms in total. The maximum atomic E-state index is 2.38. The first kappa shape index (κ1) is 25.2. The van der Waals surface area contributed by atoms with Gasteiger partial charge in [0.1, 0.15) is 0 Å². The Kier molecular flexibility index (Phi) is 4.65. The molecule has 0 aliphatic heterocycles. The Morgan fingerprint density at radius 2 is 0.583 bits per heavy atom. The molecule has 0 N–H and O–H groups in total. The monoisotopic (exact) mass is 604 g/mol. The summed E-state index contributed by atoms with van der Waals surface area (Å²) in [7, 11) is 0. The van der Waals surface area contributed by atoms with Crippen molar-refractivity contribution in [3.8, 4) is 44.5 Å². The molecule has 0 unspecified atom stereocenters. The van der Waals surface area contributed by atoms with E-state index in [1.807, 2.05) is 0 Å². The quantitative estimate of drug-likeness (QED) is 0.162. The van der Waals surface area contributed by atoms with Gasteiger partial charge in [0.2, 0.25) is 0 Å². The molecule has 8 aromatic rings. The van der Waals surface area contributed by atoms with Crippen LogP contribution in [0.25, 0.3) is 77.2 Å². The molecule has 0 heterocycles. The molecule has 0 radical (unpaired) electrons. The molecule has 48 heavy (non-hydrogen) atoms. The second kappa shape index (κ2) is 8.88. The Bertz CT molecular complexity index is 2630. The van der Waals surface area contributed by atoms with Crippen LogP contribution in [-0.4, -0.2) is 0 Å². The number of benzene rings is 8. The lowest BCUT2D eigenvalue weighted by Gasteiger charge is -2.19. The molecular formula is C48H28. The predicted octanol–water partition coefficient (Wildman–Crippen LogP) is 12.1. The van der Waals surface area contributed by atoms with Crippen LogP contribution in [0.2, 0.25) is 0 Å². The smallest absolute Gasteiger partial charge is 0.000705 e. The van der Waals surface area contributed by atoms with Gasteiger partial charge in [-0.15, -0.1) is 0 Å². The molecule has 0 heteroatoms. The van der Waals surface area contributed by atoms with Crippen molar-refractivity contribution in [3.63, 3.8) is 0 Å². The van der Waals surface area contributed by atoms with E-state index in [4.69, 9.17) is 0 Å². The van der Waals surface area contributed by atoms with E-state index in [0.29, 0.717) is 0 Å². The van der Waals surface area contributed by atoms with Crippen molar-refractivity contribution < 1.29 is 0 Å². The van der Waals surface area contributed by atoms with Crippen LogP contribution in [-0.2, 0) is 12.8 Å². The normalized spacial score (nSPS) is 15.5. The molecular weight excluding hydrogens is 577 g/mol. The largest absolute Gasteiger partial charge is 0.0619 e. The lowest BCUT2D eigenvalue weighted by Crippen LogP contribution is -1.96. The maximum Gasteiger partial charge on any atom is -0.000705 e. The molecule has 0 atom stereocenters. The first-order chi connectivity index (χ1) is 23.9. The van der Waals surface area contributed by atoms with Crippen molar-refractivity contribution in [3.05, 3.63) is 190 Å². The molecule has 4 aliphatic carbocycles. The molecule has 0 saturated heterocycles. The summed E-state index contributed by atoms with van der Waals surface area (Å²) in [4.78, 5) is 0. The molecule has 0 amide bonds.